The number of ether oxygens (including phenoxy) is 1. The number of aromatic nitrogens is 4. The van der Waals surface area contributed by atoms with Gasteiger partial charge in [0.2, 0.25) is 11.9 Å². The zero-order valence-corrected chi connectivity index (χ0v) is 27.5. The number of nitrogens with one attached hydrogen (secondary N) is 1. The Morgan fingerprint density at radius 1 is 1.00 bits per heavy atom. The van der Waals surface area contributed by atoms with Crippen LogP contribution in [-0.4, -0.2) is 85.6 Å². The Morgan fingerprint density at radius 3 is 2.35 bits per heavy atom. The average Bonchev–Trinajstić information content (AvgIpc) is 3.77. The van der Waals surface area contributed by atoms with Crippen molar-refractivity contribution < 1.29 is 19.1 Å². The molecule has 244 valence electrons. The number of carbonyl (C=O) groups is 3. The number of nitrogens with zero attached hydrogens (tertiary/aromatic N) is 7. The lowest BCUT2D eigenvalue weighted by atomic mass is 9.74. The van der Waals surface area contributed by atoms with Gasteiger partial charge in [-0.1, -0.05) is 12.8 Å². The summed E-state index contributed by atoms with van der Waals surface area (Å²) in [7, 11) is 3.53. The molecule has 4 fully saturated rings. The fourth-order valence-corrected chi connectivity index (χ4v) is 8.19. The van der Waals surface area contributed by atoms with Crippen molar-refractivity contribution in [2.45, 2.75) is 102 Å². The molecule has 3 aliphatic heterocycles. The minimum absolute atomic E-state index is 0.0452. The summed E-state index contributed by atoms with van der Waals surface area (Å²) in [5, 5.41) is 4.05. The molecule has 0 aromatic carbocycles. The zero-order valence-electron chi connectivity index (χ0n) is 27.5. The van der Waals surface area contributed by atoms with Crippen molar-refractivity contribution in [2.75, 3.05) is 30.9 Å². The molecule has 12 heteroatoms. The molecule has 2 bridgehead atoms. The third-order valence-corrected chi connectivity index (χ3v) is 10.1. The molecule has 4 aliphatic rings. The molecule has 3 saturated heterocycles. The quantitative estimate of drug-likeness (QED) is 0.383. The minimum atomic E-state index is -0.532. The largest absolute Gasteiger partial charge is 0.444 e. The summed E-state index contributed by atoms with van der Waals surface area (Å²) < 4.78 is 7.80. The normalized spacial score (nSPS) is 24.8. The highest BCUT2D eigenvalue weighted by atomic mass is 16.6. The van der Waals surface area contributed by atoms with Crippen molar-refractivity contribution >= 4 is 46.4 Å². The van der Waals surface area contributed by atoms with Gasteiger partial charge in [-0.05, 0) is 77.5 Å². The van der Waals surface area contributed by atoms with Gasteiger partial charge >= 0.3 is 6.09 Å². The van der Waals surface area contributed by atoms with Crippen LogP contribution in [0.4, 0.5) is 22.2 Å². The number of hydrogen-bond donors (Lipinski definition) is 1. The van der Waals surface area contributed by atoms with Crippen LogP contribution in [0.5, 0.6) is 0 Å². The second-order valence-electron chi connectivity index (χ2n) is 14.9. The van der Waals surface area contributed by atoms with Crippen molar-refractivity contribution in [1.82, 2.24) is 29.3 Å². The highest BCUT2D eigenvalue weighted by Gasteiger charge is 2.55. The Morgan fingerprint density at radius 2 is 1.72 bits per heavy atom. The summed E-state index contributed by atoms with van der Waals surface area (Å²) in [6.07, 6.45) is 11.6. The summed E-state index contributed by atoms with van der Waals surface area (Å²) in [6.45, 7) is 6.31. The summed E-state index contributed by atoms with van der Waals surface area (Å²) in [5.74, 6) is 1.02. The van der Waals surface area contributed by atoms with E-state index < -0.39 is 5.60 Å². The van der Waals surface area contributed by atoms with Crippen molar-refractivity contribution in [3.63, 3.8) is 0 Å². The van der Waals surface area contributed by atoms with E-state index in [4.69, 9.17) is 9.72 Å². The SMILES string of the molecule is CN(C)C(=O)c1cc2cnc(Nc3ccc(N4CC5(CC4=O)CC4CCC(C5)N4C(=O)OC(C)(C)C)cn3)nc2n1C1CCCC1. The molecular formula is C34H44N8O4. The first kappa shape index (κ1) is 30.4. The Kier molecular flexibility index (Phi) is 7.43. The number of hydrogen-bond acceptors (Lipinski definition) is 8. The van der Waals surface area contributed by atoms with Gasteiger partial charge in [0.15, 0.2) is 0 Å². The van der Waals surface area contributed by atoms with Crippen LogP contribution in [0.25, 0.3) is 11.0 Å². The highest BCUT2D eigenvalue weighted by molar-refractivity contribution is 5.98. The summed E-state index contributed by atoms with van der Waals surface area (Å²) in [6, 6.07) is 6.08. The van der Waals surface area contributed by atoms with E-state index in [9.17, 15) is 14.4 Å². The fraction of sp³-hybridized carbons (Fsp3) is 0.588. The molecule has 1 spiro atoms. The van der Waals surface area contributed by atoms with Crippen molar-refractivity contribution in [3.8, 4) is 0 Å². The molecule has 6 heterocycles. The van der Waals surface area contributed by atoms with Gasteiger partial charge in [0.05, 0.1) is 11.9 Å². The molecule has 3 aromatic rings. The molecule has 0 radical (unpaired) electrons. The van der Waals surface area contributed by atoms with Crippen LogP contribution in [0, 0.1) is 5.41 Å². The Bertz CT molecular complexity index is 1660. The third-order valence-electron chi connectivity index (χ3n) is 10.1. The zero-order chi connectivity index (χ0) is 32.4. The summed E-state index contributed by atoms with van der Waals surface area (Å²) >= 11 is 0. The molecule has 7 rings (SSSR count). The van der Waals surface area contributed by atoms with E-state index in [2.05, 4.69) is 19.9 Å². The number of amides is 3. The lowest BCUT2D eigenvalue weighted by molar-refractivity contribution is -0.118. The first-order valence-corrected chi connectivity index (χ1v) is 16.5. The van der Waals surface area contributed by atoms with Crippen molar-refractivity contribution in [2.24, 2.45) is 5.41 Å². The maximum absolute atomic E-state index is 13.3. The van der Waals surface area contributed by atoms with Crippen LogP contribution in [0.15, 0.2) is 30.6 Å². The maximum Gasteiger partial charge on any atom is 0.410 e. The smallest absolute Gasteiger partial charge is 0.410 e. The van der Waals surface area contributed by atoms with Crippen LogP contribution < -0.4 is 10.2 Å². The van der Waals surface area contributed by atoms with E-state index in [0.29, 0.717) is 30.4 Å². The van der Waals surface area contributed by atoms with Gasteiger partial charge < -0.3 is 29.3 Å². The van der Waals surface area contributed by atoms with E-state index in [-0.39, 0.29) is 41.4 Å². The van der Waals surface area contributed by atoms with Gasteiger partial charge in [-0.2, -0.15) is 4.98 Å². The number of fused-ring (bicyclic) bond motifs is 3. The molecule has 1 aliphatic carbocycles. The number of anilines is 3. The Balaban J connectivity index is 1.06. The predicted octanol–water partition coefficient (Wildman–Crippen LogP) is 5.67. The van der Waals surface area contributed by atoms with E-state index in [1.807, 2.05) is 48.8 Å². The lowest BCUT2D eigenvalue weighted by Crippen LogP contribution is -2.52. The first-order chi connectivity index (χ1) is 21.9. The molecule has 1 saturated carbocycles. The standard InChI is InChI=1S/C34H44N8O4/c1-33(2,3)46-32(45)41-23-10-11-24(41)16-34(15-23)17-28(43)40(20-34)25-12-13-27(35-19-25)37-31-36-18-21-14-26(30(44)39(4)5)42(29(21)38-31)22-8-6-7-9-22/h12-14,18-19,22-24H,6-11,15-17,20H2,1-5H3,(H,35,36,37,38). The van der Waals surface area contributed by atoms with Crippen molar-refractivity contribution in [3.05, 3.63) is 36.3 Å². The van der Waals surface area contributed by atoms with Gasteiger partial charge in [-0.3, -0.25) is 9.59 Å². The second kappa shape index (κ2) is 11.2. The van der Waals surface area contributed by atoms with E-state index >= 15 is 0 Å². The lowest BCUT2D eigenvalue weighted by Gasteiger charge is -2.44. The topological polar surface area (TPSA) is 126 Å². The summed E-state index contributed by atoms with van der Waals surface area (Å²) in [4.78, 5) is 58.7. The van der Waals surface area contributed by atoms with Gasteiger partial charge in [0, 0.05) is 62.2 Å². The predicted molar refractivity (Wildman–Crippen MR) is 174 cm³/mol. The van der Waals surface area contributed by atoms with Gasteiger partial charge in [0.25, 0.3) is 5.91 Å². The number of pyridine rings is 1. The van der Waals surface area contributed by atoms with Crippen LogP contribution in [0.3, 0.4) is 0 Å². The molecule has 3 amide bonds. The van der Waals surface area contributed by atoms with Crippen molar-refractivity contribution in [1.29, 1.82) is 0 Å². The molecule has 2 unspecified atom stereocenters. The third kappa shape index (κ3) is 5.55. The monoisotopic (exact) mass is 628 g/mol. The van der Waals surface area contributed by atoms with Crippen LogP contribution in [0.2, 0.25) is 0 Å². The van der Waals surface area contributed by atoms with Crippen LogP contribution in [0.1, 0.15) is 95.1 Å². The van der Waals surface area contributed by atoms with E-state index in [1.165, 1.54) is 0 Å². The Hall–Kier alpha value is -4.22. The van der Waals surface area contributed by atoms with Gasteiger partial charge in [0.1, 0.15) is 22.8 Å². The molecule has 1 N–H and O–H groups in total. The van der Waals surface area contributed by atoms with Gasteiger partial charge in [-0.15, -0.1) is 0 Å². The minimum Gasteiger partial charge on any atom is -0.444 e. The maximum atomic E-state index is 13.3. The van der Waals surface area contributed by atoms with Crippen LogP contribution >= 0.6 is 0 Å². The highest BCUT2D eigenvalue weighted by Crippen LogP contribution is 2.51. The van der Waals surface area contributed by atoms with Crippen LogP contribution in [-0.2, 0) is 9.53 Å². The first-order valence-electron chi connectivity index (χ1n) is 16.5. The molecule has 3 aromatic heterocycles. The molecule has 2 atom stereocenters. The summed E-state index contributed by atoms with van der Waals surface area (Å²) in [5.41, 5.74) is 1.45. The molecule has 46 heavy (non-hydrogen) atoms. The second-order valence-corrected chi connectivity index (χ2v) is 14.9. The van der Waals surface area contributed by atoms with E-state index in [1.54, 1.807) is 31.4 Å². The number of rotatable bonds is 5. The average molecular weight is 629 g/mol. The fourth-order valence-electron chi connectivity index (χ4n) is 8.19. The number of carbonyl (C=O) groups excluding carboxylic acids is 3. The molecule has 12 nitrogen and oxygen atoms in total. The molecular weight excluding hydrogens is 584 g/mol. The Labute approximate surface area is 269 Å². The van der Waals surface area contributed by atoms with Gasteiger partial charge in [-0.25, -0.2) is 14.8 Å². The van der Waals surface area contributed by atoms with E-state index in [0.717, 1.165) is 68.1 Å². The number of piperidine rings is 1.